The van der Waals surface area contributed by atoms with Gasteiger partial charge in [0.2, 0.25) is 0 Å². The summed E-state index contributed by atoms with van der Waals surface area (Å²) in [5, 5.41) is 10.8. The van der Waals surface area contributed by atoms with Crippen LogP contribution < -0.4 is 10.6 Å². The number of rotatable bonds is 4. The van der Waals surface area contributed by atoms with Gasteiger partial charge in [-0.05, 0) is 12.5 Å². The maximum Gasteiger partial charge on any atom is 0.273 e. The number of methoxy groups -OCH3 is 1. The first-order chi connectivity index (χ1) is 8.60. The number of anilines is 2. The van der Waals surface area contributed by atoms with Crippen molar-refractivity contribution < 1.29 is 9.66 Å². The molecule has 2 rings (SSSR count). The molecular formula is C12H17N3O3. The van der Waals surface area contributed by atoms with Gasteiger partial charge in [0.25, 0.3) is 5.69 Å². The molecule has 6 heteroatoms. The molecule has 0 spiro atoms. The fourth-order valence-corrected chi connectivity index (χ4v) is 2.34. The maximum absolute atomic E-state index is 10.8. The Hall–Kier alpha value is -1.82. The lowest BCUT2D eigenvalue weighted by molar-refractivity contribution is -0.384. The molecule has 1 unspecified atom stereocenters. The number of non-ortho nitro benzene ring substituents is 1. The molecule has 1 aromatic rings. The Morgan fingerprint density at radius 1 is 1.56 bits per heavy atom. The molecule has 2 N–H and O–H groups in total. The van der Waals surface area contributed by atoms with Crippen molar-refractivity contribution in [1.29, 1.82) is 0 Å². The van der Waals surface area contributed by atoms with Crippen LogP contribution in [0.5, 0.6) is 0 Å². The fraction of sp³-hybridized carbons (Fsp3) is 0.500. The van der Waals surface area contributed by atoms with E-state index in [9.17, 15) is 10.1 Å². The van der Waals surface area contributed by atoms with E-state index in [1.165, 1.54) is 6.07 Å². The second-order valence-corrected chi connectivity index (χ2v) is 4.60. The molecule has 0 saturated carbocycles. The molecule has 0 bridgehead atoms. The fourth-order valence-electron chi connectivity index (χ4n) is 2.34. The molecule has 18 heavy (non-hydrogen) atoms. The zero-order chi connectivity index (χ0) is 13.1. The number of benzene rings is 1. The van der Waals surface area contributed by atoms with E-state index in [4.69, 9.17) is 10.5 Å². The molecule has 1 heterocycles. The van der Waals surface area contributed by atoms with E-state index >= 15 is 0 Å². The first-order valence-electron chi connectivity index (χ1n) is 5.89. The van der Waals surface area contributed by atoms with Gasteiger partial charge in [0.15, 0.2) is 0 Å². The van der Waals surface area contributed by atoms with Crippen LogP contribution in [-0.4, -0.2) is 31.7 Å². The molecule has 1 atom stereocenters. The van der Waals surface area contributed by atoms with Crippen LogP contribution in [0.1, 0.15) is 6.42 Å². The lowest BCUT2D eigenvalue weighted by atomic mass is 10.1. The molecule has 1 aromatic carbocycles. The molecule has 98 valence electrons. The third kappa shape index (κ3) is 2.70. The SMILES string of the molecule is COCC1CCN(c2cc(N)cc([N+](=O)[O-])c2)C1. The van der Waals surface area contributed by atoms with E-state index in [1.54, 1.807) is 19.2 Å². The summed E-state index contributed by atoms with van der Waals surface area (Å²) in [6.45, 7) is 2.46. The first-order valence-corrected chi connectivity index (χ1v) is 5.89. The second kappa shape index (κ2) is 5.22. The summed E-state index contributed by atoms with van der Waals surface area (Å²) in [6.07, 6.45) is 1.04. The number of hydrogen-bond acceptors (Lipinski definition) is 5. The van der Waals surface area contributed by atoms with Crippen LogP contribution in [0.4, 0.5) is 17.1 Å². The minimum absolute atomic E-state index is 0.0418. The standard InChI is InChI=1S/C12H17N3O3/c1-18-8-9-2-3-14(7-9)11-4-10(13)5-12(6-11)15(16)17/h4-6,9H,2-3,7-8,13H2,1H3. The third-order valence-electron chi connectivity index (χ3n) is 3.19. The normalized spacial score (nSPS) is 19.2. The summed E-state index contributed by atoms with van der Waals surface area (Å²) in [7, 11) is 1.69. The second-order valence-electron chi connectivity index (χ2n) is 4.60. The van der Waals surface area contributed by atoms with Crippen molar-refractivity contribution in [2.24, 2.45) is 5.92 Å². The van der Waals surface area contributed by atoms with Gasteiger partial charge in [-0.3, -0.25) is 10.1 Å². The molecule has 6 nitrogen and oxygen atoms in total. The smallest absolute Gasteiger partial charge is 0.273 e. The zero-order valence-corrected chi connectivity index (χ0v) is 10.3. The Labute approximate surface area is 105 Å². The van der Waals surface area contributed by atoms with E-state index in [1.807, 2.05) is 0 Å². The average Bonchev–Trinajstić information content (AvgIpc) is 2.77. The number of nitrogen functional groups attached to an aromatic ring is 1. The molecule has 0 aliphatic carbocycles. The Morgan fingerprint density at radius 2 is 2.33 bits per heavy atom. The number of nitrogens with two attached hydrogens (primary N) is 1. The van der Waals surface area contributed by atoms with Gasteiger partial charge in [-0.2, -0.15) is 0 Å². The highest BCUT2D eigenvalue weighted by atomic mass is 16.6. The van der Waals surface area contributed by atoms with Gasteiger partial charge in [0.05, 0.1) is 11.5 Å². The number of ether oxygens (including phenoxy) is 1. The van der Waals surface area contributed by atoms with Gasteiger partial charge in [0.1, 0.15) is 0 Å². The van der Waals surface area contributed by atoms with Crippen molar-refractivity contribution >= 4 is 17.1 Å². The van der Waals surface area contributed by atoms with Gasteiger partial charge < -0.3 is 15.4 Å². The Kier molecular flexibility index (Phi) is 3.66. The van der Waals surface area contributed by atoms with Crippen LogP contribution >= 0.6 is 0 Å². The number of hydrogen-bond donors (Lipinski definition) is 1. The van der Waals surface area contributed by atoms with Crippen molar-refractivity contribution in [3.63, 3.8) is 0 Å². The largest absolute Gasteiger partial charge is 0.398 e. The molecule has 0 amide bonds. The number of nitro benzene ring substituents is 1. The zero-order valence-electron chi connectivity index (χ0n) is 10.3. The first kappa shape index (κ1) is 12.6. The van der Waals surface area contributed by atoms with Crippen molar-refractivity contribution in [1.82, 2.24) is 0 Å². The average molecular weight is 251 g/mol. The molecule has 1 aliphatic rings. The van der Waals surface area contributed by atoms with Crippen LogP contribution in [0.2, 0.25) is 0 Å². The van der Waals surface area contributed by atoms with Gasteiger partial charge in [0, 0.05) is 49.6 Å². The predicted molar refractivity (Wildman–Crippen MR) is 69.7 cm³/mol. The van der Waals surface area contributed by atoms with Gasteiger partial charge in [-0.25, -0.2) is 0 Å². The van der Waals surface area contributed by atoms with Crippen molar-refractivity contribution in [3.05, 3.63) is 28.3 Å². The van der Waals surface area contributed by atoms with Crippen LogP contribution in [0.25, 0.3) is 0 Å². The maximum atomic E-state index is 10.8. The highest BCUT2D eigenvalue weighted by molar-refractivity contribution is 5.63. The Bertz CT molecular complexity index is 450. The van der Waals surface area contributed by atoms with Crippen molar-refractivity contribution in [2.45, 2.75) is 6.42 Å². The highest BCUT2D eigenvalue weighted by Gasteiger charge is 2.24. The molecular weight excluding hydrogens is 234 g/mol. The summed E-state index contributed by atoms with van der Waals surface area (Å²) in [5.74, 6) is 0.482. The molecule has 1 aliphatic heterocycles. The topological polar surface area (TPSA) is 81.6 Å². The van der Waals surface area contributed by atoms with E-state index in [2.05, 4.69) is 4.90 Å². The molecule has 0 aromatic heterocycles. The number of nitrogens with zero attached hydrogens (tertiary/aromatic N) is 2. The van der Waals surface area contributed by atoms with E-state index in [-0.39, 0.29) is 5.69 Å². The van der Waals surface area contributed by atoms with E-state index in [0.717, 1.165) is 31.8 Å². The summed E-state index contributed by atoms with van der Waals surface area (Å²) in [5.41, 5.74) is 6.99. The quantitative estimate of drug-likeness (QED) is 0.500. The third-order valence-corrected chi connectivity index (χ3v) is 3.19. The van der Waals surface area contributed by atoms with E-state index < -0.39 is 4.92 Å². The predicted octanol–water partition coefficient (Wildman–Crippen LogP) is 1.65. The summed E-state index contributed by atoms with van der Waals surface area (Å²) in [6, 6.07) is 4.74. The Morgan fingerprint density at radius 3 is 3.00 bits per heavy atom. The molecule has 1 fully saturated rings. The van der Waals surface area contributed by atoms with Gasteiger partial charge >= 0.3 is 0 Å². The minimum Gasteiger partial charge on any atom is -0.398 e. The highest BCUT2D eigenvalue weighted by Crippen LogP contribution is 2.29. The van der Waals surface area contributed by atoms with Crippen LogP contribution in [0, 0.1) is 16.0 Å². The molecule has 1 saturated heterocycles. The summed E-state index contributed by atoms with van der Waals surface area (Å²) in [4.78, 5) is 12.5. The number of nitro groups is 1. The Balaban J connectivity index is 2.16. The van der Waals surface area contributed by atoms with Crippen molar-refractivity contribution in [3.8, 4) is 0 Å². The van der Waals surface area contributed by atoms with E-state index in [0.29, 0.717) is 11.6 Å². The summed E-state index contributed by atoms with van der Waals surface area (Å²) >= 11 is 0. The van der Waals surface area contributed by atoms with Gasteiger partial charge in [-0.15, -0.1) is 0 Å². The summed E-state index contributed by atoms with van der Waals surface area (Å²) < 4.78 is 5.14. The lowest BCUT2D eigenvalue weighted by Gasteiger charge is -2.18. The van der Waals surface area contributed by atoms with Crippen LogP contribution in [0.15, 0.2) is 18.2 Å². The van der Waals surface area contributed by atoms with Crippen molar-refractivity contribution in [2.75, 3.05) is 37.4 Å². The lowest BCUT2D eigenvalue weighted by Crippen LogP contribution is -2.21. The minimum atomic E-state index is -0.414. The van der Waals surface area contributed by atoms with Gasteiger partial charge in [-0.1, -0.05) is 0 Å². The van der Waals surface area contributed by atoms with Crippen LogP contribution in [-0.2, 0) is 4.74 Å². The monoisotopic (exact) mass is 251 g/mol. The van der Waals surface area contributed by atoms with Crippen LogP contribution in [0.3, 0.4) is 0 Å². The molecule has 0 radical (unpaired) electrons.